The van der Waals surface area contributed by atoms with E-state index in [1.807, 2.05) is 38.1 Å². The molecule has 3 aromatic rings. The van der Waals surface area contributed by atoms with Crippen LogP contribution in [0.15, 0.2) is 53.3 Å². The highest BCUT2D eigenvalue weighted by Gasteiger charge is 2.66. The summed E-state index contributed by atoms with van der Waals surface area (Å²) in [4.78, 5) is 59.6. The summed E-state index contributed by atoms with van der Waals surface area (Å²) in [6.07, 6.45) is -1.44. The average Bonchev–Trinajstić information content (AvgIpc) is 3.45. The minimum atomic E-state index is -1.22. The van der Waals surface area contributed by atoms with Crippen molar-refractivity contribution in [1.29, 1.82) is 0 Å². The summed E-state index contributed by atoms with van der Waals surface area (Å²) >= 11 is 0. The Labute approximate surface area is 224 Å². The van der Waals surface area contributed by atoms with Gasteiger partial charge in [-0.3, -0.25) is 29.2 Å². The van der Waals surface area contributed by atoms with Crippen LogP contribution in [0.1, 0.15) is 64.6 Å². The Balaban J connectivity index is 1.55. The number of para-hydroxylation sites is 2. The van der Waals surface area contributed by atoms with Gasteiger partial charge in [0.1, 0.15) is 12.2 Å². The summed E-state index contributed by atoms with van der Waals surface area (Å²) in [6.45, 7) is 8.59. The SMILES string of the molecule is CC(=O)OC(c1nc2ccccc2c(=O)n1[C@@H]1C[C@]2(OC1=O)c1ccccc1N1C(=O)C(C)(C)N[C@H]12)C(C)C. The number of carbonyl (C=O) groups is 3. The van der Waals surface area contributed by atoms with Crippen LogP contribution in [0.5, 0.6) is 0 Å². The predicted octanol–water partition coefficient (Wildman–Crippen LogP) is 3.09. The molecule has 10 heteroatoms. The van der Waals surface area contributed by atoms with Crippen LogP contribution >= 0.6 is 0 Å². The van der Waals surface area contributed by atoms with Crippen LogP contribution in [0.25, 0.3) is 10.9 Å². The number of anilines is 1. The number of amides is 1. The van der Waals surface area contributed by atoms with Gasteiger partial charge in [0.25, 0.3) is 5.56 Å². The topological polar surface area (TPSA) is 120 Å². The van der Waals surface area contributed by atoms with Gasteiger partial charge in [0.05, 0.1) is 22.1 Å². The monoisotopic (exact) mass is 530 g/mol. The van der Waals surface area contributed by atoms with Crippen molar-refractivity contribution in [2.24, 2.45) is 5.92 Å². The molecule has 2 fully saturated rings. The summed E-state index contributed by atoms with van der Waals surface area (Å²) in [5.74, 6) is -1.32. The van der Waals surface area contributed by atoms with Crippen molar-refractivity contribution in [3.05, 3.63) is 70.3 Å². The number of fused-ring (bicyclic) bond motifs is 6. The van der Waals surface area contributed by atoms with Crippen LogP contribution in [-0.2, 0) is 29.5 Å². The smallest absolute Gasteiger partial charge is 0.330 e. The lowest BCUT2D eigenvalue weighted by molar-refractivity contribution is -0.152. The van der Waals surface area contributed by atoms with Crippen molar-refractivity contribution in [1.82, 2.24) is 14.9 Å². The summed E-state index contributed by atoms with van der Waals surface area (Å²) < 4.78 is 13.2. The highest BCUT2D eigenvalue weighted by atomic mass is 16.6. The molecule has 4 heterocycles. The number of nitrogens with zero attached hydrogens (tertiary/aromatic N) is 3. The van der Waals surface area contributed by atoms with Crippen molar-refractivity contribution in [2.45, 2.75) is 70.5 Å². The first-order valence-corrected chi connectivity index (χ1v) is 13.1. The summed E-state index contributed by atoms with van der Waals surface area (Å²) in [6, 6.07) is 13.2. The number of hydrogen-bond donors (Lipinski definition) is 1. The molecule has 1 N–H and O–H groups in total. The maximum atomic E-state index is 14.0. The van der Waals surface area contributed by atoms with E-state index in [1.165, 1.54) is 11.5 Å². The first-order valence-electron chi connectivity index (χ1n) is 13.1. The normalized spacial score (nSPS) is 25.7. The molecular weight excluding hydrogens is 500 g/mol. The van der Waals surface area contributed by atoms with Gasteiger partial charge in [-0.15, -0.1) is 0 Å². The molecule has 0 saturated carbocycles. The van der Waals surface area contributed by atoms with Crippen molar-refractivity contribution in [2.75, 3.05) is 4.90 Å². The van der Waals surface area contributed by atoms with E-state index in [-0.39, 0.29) is 24.1 Å². The minimum absolute atomic E-state index is 0.0815. The van der Waals surface area contributed by atoms with Gasteiger partial charge in [-0.2, -0.15) is 0 Å². The Morgan fingerprint density at radius 3 is 2.51 bits per heavy atom. The number of aromatic nitrogens is 2. The molecule has 2 aromatic carbocycles. The zero-order valence-corrected chi connectivity index (χ0v) is 22.4. The highest BCUT2D eigenvalue weighted by molar-refractivity contribution is 6.05. The standard InChI is InChI=1S/C29H30N4O6/c1-15(2)22(38-16(3)34)23-30-19-12-8-6-10-17(19)24(35)32(23)21-14-29(39-25(21)36)18-11-7-9-13-20(18)33-26(29)31-28(4,5)27(33)37/h6-13,15,21-22,26,31H,14H2,1-5H3/t21-,22?,26-,29+/m1/s1. The van der Waals surface area contributed by atoms with Gasteiger partial charge < -0.3 is 9.47 Å². The Morgan fingerprint density at radius 2 is 1.79 bits per heavy atom. The van der Waals surface area contributed by atoms with E-state index in [0.717, 1.165) is 0 Å². The maximum absolute atomic E-state index is 14.0. The Morgan fingerprint density at radius 1 is 1.10 bits per heavy atom. The van der Waals surface area contributed by atoms with Crippen LogP contribution in [0.3, 0.4) is 0 Å². The van der Waals surface area contributed by atoms with Gasteiger partial charge in [0.2, 0.25) is 5.91 Å². The molecule has 202 valence electrons. The number of hydrogen-bond acceptors (Lipinski definition) is 8. The van der Waals surface area contributed by atoms with Gasteiger partial charge in [-0.1, -0.05) is 44.2 Å². The fraction of sp³-hybridized carbons (Fsp3) is 0.414. The largest absolute Gasteiger partial charge is 0.454 e. The van der Waals surface area contributed by atoms with Gasteiger partial charge in [0, 0.05) is 18.9 Å². The number of rotatable bonds is 4. The van der Waals surface area contributed by atoms with Gasteiger partial charge in [-0.25, -0.2) is 9.78 Å². The summed E-state index contributed by atoms with van der Waals surface area (Å²) in [5, 5.41) is 3.70. The van der Waals surface area contributed by atoms with Crippen LogP contribution in [-0.4, -0.2) is 39.1 Å². The van der Waals surface area contributed by atoms with Crippen LogP contribution in [0, 0.1) is 5.92 Å². The lowest BCUT2D eigenvalue weighted by Crippen LogP contribution is -2.51. The highest BCUT2D eigenvalue weighted by Crippen LogP contribution is 2.56. The quantitative estimate of drug-likeness (QED) is 0.511. The molecule has 39 heavy (non-hydrogen) atoms. The third-order valence-corrected chi connectivity index (χ3v) is 7.92. The van der Waals surface area contributed by atoms with Crippen molar-refractivity contribution in [3.8, 4) is 0 Å². The molecule has 1 spiro atoms. The Bertz CT molecular complexity index is 1610. The molecule has 10 nitrogen and oxygen atoms in total. The molecular formula is C29H30N4O6. The second kappa shape index (κ2) is 8.47. The lowest BCUT2D eigenvalue weighted by Gasteiger charge is -2.31. The molecule has 1 unspecified atom stereocenters. The predicted molar refractivity (Wildman–Crippen MR) is 142 cm³/mol. The number of benzene rings is 2. The fourth-order valence-electron chi connectivity index (χ4n) is 6.17. The number of ether oxygens (including phenoxy) is 2. The van der Waals surface area contributed by atoms with Gasteiger partial charge >= 0.3 is 11.9 Å². The molecule has 6 rings (SSSR count). The molecule has 1 aromatic heterocycles. The van der Waals surface area contributed by atoms with E-state index in [9.17, 15) is 19.2 Å². The molecule has 0 radical (unpaired) electrons. The minimum Gasteiger partial charge on any atom is -0.454 e. The second-order valence-corrected chi connectivity index (χ2v) is 11.3. The van der Waals surface area contributed by atoms with Gasteiger partial charge in [0.15, 0.2) is 17.5 Å². The first-order chi connectivity index (χ1) is 18.5. The Kier molecular flexibility index (Phi) is 5.48. The van der Waals surface area contributed by atoms with E-state index in [2.05, 4.69) is 5.32 Å². The number of esters is 2. The van der Waals surface area contributed by atoms with Crippen molar-refractivity contribution < 1.29 is 23.9 Å². The van der Waals surface area contributed by atoms with E-state index in [4.69, 9.17) is 14.5 Å². The van der Waals surface area contributed by atoms with Crippen molar-refractivity contribution in [3.63, 3.8) is 0 Å². The number of carbonyl (C=O) groups excluding carboxylic acids is 3. The molecule has 3 aliphatic rings. The maximum Gasteiger partial charge on any atom is 0.330 e. The van der Waals surface area contributed by atoms with Crippen LogP contribution in [0.2, 0.25) is 0 Å². The molecule has 0 bridgehead atoms. The van der Waals surface area contributed by atoms with Crippen LogP contribution < -0.4 is 15.8 Å². The zero-order valence-electron chi connectivity index (χ0n) is 22.4. The molecule has 1 amide bonds. The summed E-state index contributed by atoms with van der Waals surface area (Å²) in [7, 11) is 0. The van der Waals surface area contributed by atoms with E-state index in [1.54, 1.807) is 43.0 Å². The molecule has 3 aliphatic heterocycles. The lowest BCUT2D eigenvalue weighted by atomic mass is 9.88. The van der Waals surface area contributed by atoms with E-state index >= 15 is 0 Å². The Hall–Kier alpha value is -4.05. The zero-order chi connectivity index (χ0) is 27.9. The van der Waals surface area contributed by atoms with Crippen LogP contribution in [0.4, 0.5) is 5.69 Å². The third kappa shape index (κ3) is 3.54. The summed E-state index contributed by atoms with van der Waals surface area (Å²) in [5.41, 5.74) is -0.714. The second-order valence-electron chi connectivity index (χ2n) is 11.3. The average molecular weight is 531 g/mol. The molecule has 4 atom stereocenters. The first kappa shape index (κ1) is 25.2. The molecule has 2 saturated heterocycles. The van der Waals surface area contributed by atoms with E-state index in [0.29, 0.717) is 22.2 Å². The fourth-order valence-corrected chi connectivity index (χ4v) is 6.17. The third-order valence-electron chi connectivity index (χ3n) is 7.92. The van der Waals surface area contributed by atoms with Gasteiger partial charge in [-0.05, 0) is 38.0 Å². The number of nitrogens with one attached hydrogen (secondary N) is 1. The van der Waals surface area contributed by atoms with E-state index < -0.39 is 46.9 Å². The van der Waals surface area contributed by atoms with Crippen molar-refractivity contribution >= 4 is 34.4 Å². The molecule has 0 aliphatic carbocycles.